The quantitative estimate of drug-likeness (QED) is 0.139. The van der Waals surface area contributed by atoms with Crippen molar-refractivity contribution in [1.82, 2.24) is 0 Å². The summed E-state index contributed by atoms with van der Waals surface area (Å²) in [4.78, 5) is 0. The molecule has 0 aliphatic carbocycles. The van der Waals surface area contributed by atoms with E-state index in [1.54, 1.807) is 0 Å². The molecule has 0 saturated carbocycles. The molecule has 3 aliphatic heterocycles. The Morgan fingerprint density at radius 2 is 1.30 bits per heavy atom. The number of aliphatic hydroxyl groups excluding tert-OH is 7. The summed E-state index contributed by atoms with van der Waals surface area (Å²) in [5.74, 6) is -1.07. The zero-order valence-corrected chi connectivity index (χ0v) is 24.5. The molecule has 2 fully saturated rings. The molecule has 2 aromatic rings. The molecule has 3 heterocycles. The van der Waals surface area contributed by atoms with Crippen LogP contribution in [-0.4, -0.2) is 140 Å². The predicted octanol–water partition coefficient (Wildman–Crippen LogP) is -2.06. The van der Waals surface area contributed by atoms with Crippen molar-refractivity contribution >= 4 is 6.08 Å². The third kappa shape index (κ3) is 6.34. The van der Waals surface area contributed by atoms with Crippen molar-refractivity contribution in [3.63, 3.8) is 0 Å². The van der Waals surface area contributed by atoms with Gasteiger partial charge in [-0.25, -0.2) is 0 Å². The SMILES string of the molecule is COc1cc(C2Oc3cc(O)cc(O)c3C=C2OC2OC(COC3OC(CO)C(O)C(O)C3O)C(O)C(O)C2O)cc(OC)c1O. The summed E-state index contributed by atoms with van der Waals surface area (Å²) in [6.07, 6.45) is -16.4. The van der Waals surface area contributed by atoms with Crippen LogP contribution in [0.5, 0.6) is 34.5 Å². The summed E-state index contributed by atoms with van der Waals surface area (Å²) in [7, 11) is 2.62. The van der Waals surface area contributed by atoms with Crippen molar-refractivity contribution < 1.29 is 84.2 Å². The minimum absolute atomic E-state index is 0.000227. The summed E-state index contributed by atoms with van der Waals surface area (Å²) in [5.41, 5.74) is 0.356. The second-order valence-electron chi connectivity index (χ2n) is 10.9. The fourth-order valence-electron chi connectivity index (χ4n) is 5.32. The highest BCUT2D eigenvalue weighted by molar-refractivity contribution is 5.70. The van der Waals surface area contributed by atoms with Crippen molar-refractivity contribution in [2.24, 2.45) is 0 Å². The van der Waals surface area contributed by atoms with Crippen molar-refractivity contribution in [3.05, 3.63) is 41.2 Å². The van der Waals surface area contributed by atoms with Gasteiger partial charge < -0.3 is 84.2 Å². The largest absolute Gasteiger partial charge is 0.508 e. The molecule has 0 spiro atoms. The number of hydrogen-bond donors (Lipinski definition) is 10. The van der Waals surface area contributed by atoms with Crippen LogP contribution in [0.1, 0.15) is 17.2 Å². The lowest BCUT2D eigenvalue weighted by molar-refractivity contribution is -0.328. The van der Waals surface area contributed by atoms with Crippen LogP contribution in [0, 0.1) is 0 Å². The molecule has 254 valence electrons. The third-order valence-corrected chi connectivity index (χ3v) is 7.89. The lowest BCUT2D eigenvalue weighted by atomic mass is 9.98. The standard InChI is InChI=1S/C29H36O17/c1-40-15-3-10(4-16(41-2)20(15)33)27-17(7-12-13(32)5-11(31)6-14(12)43-27)44-29-26(39)24(37)22(35)19(46-29)9-42-28-25(38)23(36)21(34)18(8-30)45-28/h3-7,18-19,21-39H,8-9H2,1-2H3. The number of aliphatic hydroxyl groups is 7. The van der Waals surface area contributed by atoms with E-state index in [1.165, 1.54) is 38.5 Å². The van der Waals surface area contributed by atoms with Gasteiger partial charge in [-0.05, 0) is 18.2 Å². The van der Waals surface area contributed by atoms with Gasteiger partial charge in [0, 0.05) is 17.7 Å². The van der Waals surface area contributed by atoms with Crippen LogP contribution in [0.25, 0.3) is 6.08 Å². The summed E-state index contributed by atoms with van der Waals surface area (Å²) >= 11 is 0. The average molecular weight is 657 g/mol. The van der Waals surface area contributed by atoms with Gasteiger partial charge in [-0.3, -0.25) is 0 Å². The van der Waals surface area contributed by atoms with E-state index < -0.39 is 80.7 Å². The molecular weight excluding hydrogens is 620 g/mol. The van der Waals surface area contributed by atoms with Crippen LogP contribution in [0.2, 0.25) is 0 Å². The Morgan fingerprint density at radius 3 is 1.91 bits per heavy atom. The first-order chi connectivity index (χ1) is 21.9. The number of benzene rings is 2. The molecule has 0 amide bonds. The van der Waals surface area contributed by atoms with Gasteiger partial charge in [0.05, 0.1) is 33.0 Å². The van der Waals surface area contributed by atoms with Crippen molar-refractivity contribution in [3.8, 4) is 34.5 Å². The fourth-order valence-corrected chi connectivity index (χ4v) is 5.32. The van der Waals surface area contributed by atoms with Crippen LogP contribution in [-0.2, 0) is 18.9 Å². The zero-order chi connectivity index (χ0) is 33.4. The number of hydrogen-bond acceptors (Lipinski definition) is 17. The normalized spacial score (nSPS) is 34.2. The van der Waals surface area contributed by atoms with Crippen LogP contribution < -0.4 is 14.2 Å². The van der Waals surface area contributed by atoms with E-state index in [0.29, 0.717) is 0 Å². The topological polar surface area (TPSA) is 267 Å². The summed E-state index contributed by atoms with van der Waals surface area (Å²) < 4.78 is 39.1. The van der Waals surface area contributed by atoms with Gasteiger partial charge in [0.1, 0.15) is 71.8 Å². The third-order valence-electron chi connectivity index (χ3n) is 7.89. The molecule has 17 nitrogen and oxygen atoms in total. The van der Waals surface area contributed by atoms with Crippen LogP contribution >= 0.6 is 0 Å². The Balaban J connectivity index is 1.43. The van der Waals surface area contributed by atoms with E-state index >= 15 is 0 Å². The average Bonchev–Trinajstić information content (AvgIpc) is 3.04. The molecule has 11 unspecified atom stereocenters. The lowest BCUT2D eigenvalue weighted by Gasteiger charge is -2.43. The minimum atomic E-state index is -1.85. The van der Waals surface area contributed by atoms with Gasteiger partial charge >= 0.3 is 0 Å². The van der Waals surface area contributed by atoms with Crippen molar-refractivity contribution in [2.45, 2.75) is 67.5 Å². The van der Waals surface area contributed by atoms with Gasteiger partial charge in [-0.2, -0.15) is 0 Å². The molecule has 11 atom stereocenters. The fraction of sp³-hybridized carbons (Fsp3) is 0.517. The second kappa shape index (κ2) is 13.6. The maximum absolute atomic E-state index is 10.8. The van der Waals surface area contributed by atoms with Gasteiger partial charge in [-0.15, -0.1) is 0 Å². The number of phenolic OH excluding ortho intramolecular Hbond substituents is 3. The van der Waals surface area contributed by atoms with Gasteiger partial charge in [0.2, 0.25) is 12.0 Å². The van der Waals surface area contributed by atoms with E-state index in [-0.39, 0.29) is 51.4 Å². The van der Waals surface area contributed by atoms with Gasteiger partial charge in [-0.1, -0.05) is 0 Å². The molecule has 2 saturated heterocycles. The molecule has 10 N–H and O–H groups in total. The lowest BCUT2D eigenvalue weighted by Crippen LogP contribution is -2.61. The molecule has 0 aromatic heterocycles. The Labute approximate surface area is 261 Å². The monoisotopic (exact) mass is 656 g/mol. The molecule has 0 bridgehead atoms. The number of methoxy groups -OCH3 is 2. The Kier molecular flexibility index (Phi) is 9.99. The second-order valence-corrected chi connectivity index (χ2v) is 10.9. The first kappa shape index (κ1) is 33.7. The zero-order valence-electron chi connectivity index (χ0n) is 24.5. The molecule has 2 aromatic carbocycles. The van der Waals surface area contributed by atoms with Crippen LogP contribution in [0.4, 0.5) is 0 Å². The number of fused-ring (bicyclic) bond motifs is 1. The Bertz CT molecular complexity index is 1390. The van der Waals surface area contributed by atoms with E-state index in [2.05, 4.69) is 0 Å². The summed E-state index contributed by atoms with van der Waals surface area (Å²) in [6.45, 7) is -1.30. The van der Waals surface area contributed by atoms with Crippen LogP contribution in [0.15, 0.2) is 30.0 Å². The number of aromatic hydroxyl groups is 3. The molecule has 46 heavy (non-hydrogen) atoms. The van der Waals surface area contributed by atoms with E-state index in [1.807, 2.05) is 0 Å². The minimum Gasteiger partial charge on any atom is -0.508 e. The highest BCUT2D eigenvalue weighted by Gasteiger charge is 2.48. The van der Waals surface area contributed by atoms with Gasteiger partial charge in [0.25, 0.3) is 0 Å². The smallest absolute Gasteiger partial charge is 0.228 e. The van der Waals surface area contributed by atoms with Crippen LogP contribution in [0.3, 0.4) is 0 Å². The maximum atomic E-state index is 10.8. The van der Waals surface area contributed by atoms with Crippen molar-refractivity contribution in [2.75, 3.05) is 27.4 Å². The molecular formula is C29H36O17. The van der Waals surface area contributed by atoms with Crippen molar-refractivity contribution in [1.29, 1.82) is 0 Å². The summed E-state index contributed by atoms with van der Waals surface area (Å²) in [5, 5.41) is 103. The summed E-state index contributed by atoms with van der Waals surface area (Å²) in [6, 6.07) is 5.10. The maximum Gasteiger partial charge on any atom is 0.228 e. The Hall–Kier alpha value is -3.62. The molecule has 0 radical (unpaired) electrons. The molecule has 5 rings (SSSR count). The Morgan fingerprint density at radius 1 is 0.717 bits per heavy atom. The highest BCUT2D eigenvalue weighted by atomic mass is 16.7. The molecule has 17 heteroatoms. The molecule has 3 aliphatic rings. The van der Waals surface area contributed by atoms with E-state index in [9.17, 15) is 51.1 Å². The number of rotatable bonds is 9. The first-order valence-electron chi connectivity index (χ1n) is 14.1. The number of ether oxygens (including phenoxy) is 7. The number of phenols is 3. The van der Waals surface area contributed by atoms with E-state index in [0.717, 1.165) is 6.07 Å². The first-order valence-corrected chi connectivity index (χ1v) is 14.1. The predicted molar refractivity (Wildman–Crippen MR) is 150 cm³/mol. The van der Waals surface area contributed by atoms with Gasteiger partial charge in [0.15, 0.2) is 23.9 Å². The highest BCUT2D eigenvalue weighted by Crippen LogP contribution is 2.47. The van der Waals surface area contributed by atoms with E-state index in [4.69, 9.17) is 33.2 Å².